The van der Waals surface area contributed by atoms with Crippen LogP contribution >= 0.6 is 0 Å². The molecule has 6 nitrogen and oxygen atoms in total. The molecule has 0 aromatic heterocycles. The Hall–Kier alpha value is -1.30. The van der Waals surface area contributed by atoms with Crippen LogP contribution in [0.25, 0.3) is 0 Å². The molecule has 1 heterocycles. The van der Waals surface area contributed by atoms with Gasteiger partial charge in [0.1, 0.15) is 11.6 Å². The van der Waals surface area contributed by atoms with Crippen molar-refractivity contribution in [3.05, 3.63) is 0 Å². The Balaban J connectivity index is 2.62. The van der Waals surface area contributed by atoms with Crippen molar-refractivity contribution in [1.29, 1.82) is 0 Å². The summed E-state index contributed by atoms with van der Waals surface area (Å²) in [4.78, 5) is 22.6. The van der Waals surface area contributed by atoms with Crippen molar-refractivity contribution in [1.82, 2.24) is 5.32 Å². The first-order valence-electron chi connectivity index (χ1n) is 5.44. The molecule has 17 heavy (non-hydrogen) atoms. The van der Waals surface area contributed by atoms with Crippen molar-refractivity contribution in [2.24, 2.45) is 5.41 Å². The average Bonchev–Trinajstić information content (AvgIpc) is 2.07. The molecule has 98 valence electrons. The maximum absolute atomic E-state index is 11.5. The van der Waals surface area contributed by atoms with Gasteiger partial charge in [-0.1, -0.05) is 6.92 Å². The van der Waals surface area contributed by atoms with Gasteiger partial charge >= 0.3 is 12.1 Å². The average molecular weight is 245 g/mol. The van der Waals surface area contributed by atoms with Gasteiger partial charge in [-0.2, -0.15) is 0 Å². The second-order valence-corrected chi connectivity index (χ2v) is 5.56. The Kier molecular flexibility index (Phi) is 3.66. The van der Waals surface area contributed by atoms with E-state index in [0.717, 1.165) is 0 Å². The van der Waals surface area contributed by atoms with Crippen molar-refractivity contribution in [2.45, 2.75) is 39.3 Å². The van der Waals surface area contributed by atoms with E-state index in [0.29, 0.717) is 13.2 Å². The molecule has 0 bridgehead atoms. The second-order valence-electron chi connectivity index (χ2n) is 5.56. The highest BCUT2D eigenvalue weighted by Crippen LogP contribution is 2.31. The van der Waals surface area contributed by atoms with Gasteiger partial charge in [0, 0.05) is 5.41 Å². The highest BCUT2D eigenvalue weighted by molar-refractivity contribution is 5.81. The predicted octanol–water partition coefficient (Wildman–Crippen LogP) is 1.00. The number of alkyl carbamates (subject to hydrolysis) is 1. The third-order valence-corrected chi connectivity index (χ3v) is 2.47. The fourth-order valence-electron chi connectivity index (χ4n) is 1.55. The molecule has 0 spiro atoms. The quantitative estimate of drug-likeness (QED) is 0.774. The van der Waals surface area contributed by atoms with Crippen LogP contribution in [0.3, 0.4) is 0 Å². The van der Waals surface area contributed by atoms with Crippen LogP contribution in [0.15, 0.2) is 0 Å². The number of carbonyl (C=O) groups is 2. The van der Waals surface area contributed by atoms with E-state index in [2.05, 4.69) is 5.32 Å². The van der Waals surface area contributed by atoms with Gasteiger partial charge < -0.3 is 19.9 Å². The van der Waals surface area contributed by atoms with Gasteiger partial charge in [0.2, 0.25) is 0 Å². The lowest BCUT2D eigenvalue weighted by molar-refractivity contribution is -0.161. The van der Waals surface area contributed by atoms with E-state index >= 15 is 0 Å². The van der Waals surface area contributed by atoms with Gasteiger partial charge in [-0.15, -0.1) is 0 Å². The van der Waals surface area contributed by atoms with Crippen LogP contribution in [0, 0.1) is 5.41 Å². The minimum Gasteiger partial charge on any atom is -0.480 e. The Morgan fingerprint density at radius 2 is 1.94 bits per heavy atom. The van der Waals surface area contributed by atoms with Crippen molar-refractivity contribution in [3.8, 4) is 0 Å². The number of hydrogen-bond acceptors (Lipinski definition) is 4. The lowest BCUT2D eigenvalue weighted by Gasteiger charge is -2.42. The summed E-state index contributed by atoms with van der Waals surface area (Å²) >= 11 is 0. The van der Waals surface area contributed by atoms with Crippen molar-refractivity contribution in [2.75, 3.05) is 13.2 Å². The SMILES string of the molecule is CC(C)(C)OC(=O)NC(C(=O)O)C1(C)COC1. The minimum atomic E-state index is -1.08. The minimum absolute atomic E-state index is 0.319. The van der Waals surface area contributed by atoms with Crippen molar-refractivity contribution in [3.63, 3.8) is 0 Å². The molecule has 1 amide bonds. The van der Waals surface area contributed by atoms with Gasteiger partial charge in [-0.25, -0.2) is 9.59 Å². The van der Waals surface area contributed by atoms with Crippen LogP contribution in [0.5, 0.6) is 0 Å². The van der Waals surface area contributed by atoms with Crippen molar-refractivity contribution < 1.29 is 24.2 Å². The van der Waals surface area contributed by atoms with Gasteiger partial charge in [-0.05, 0) is 20.8 Å². The van der Waals surface area contributed by atoms with E-state index in [4.69, 9.17) is 14.6 Å². The first-order valence-corrected chi connectivity index (χ1v) is 5.44. The number of amides is 1. The summed E-state index contributed by atoms with van der Waals surface area (Å²) in [6.07, 6.45) is -0.724. The summed E-state index contributed by atoms with van der Waals surface area (Å²) in [6.45, 7) is 7.55. The zero-order valence-electron chi connectivity index (χ0n) is 10.6. The van der Waals surface area contributed by atoms with Crippen LogP contribution in [-0.2, 0) is 14.3 Å². The molecule has 1 unspecified atom stereocenters. The maximum Gasteiger partial charge on any atom is 0.408 e. The Bertz CT molecular complexity index is 316. The molecule has 1 fully saturated rings. The Labute approximate surface area is 100 Å². The topological polar surface area (TPSA) is 84.9 Å². The van der Waals surface area contributed by atoms with Crippen LogP contribution in [-0.4, -0.2) is 42.0 Å². The Morgan fingerprint density at radius 3 is 2.24 bits per heavy atom. The van der Waals surface area contributed by atoms with Gasteiger partial charge in [0.15, 0.2) is 0 Å². The number of carbonyl (C=O) groups excluding carboxylic acids is 1. The van der Waals surface area contributed by atoms with Crippen LogP contribution in [0.1, 0.15) is 27.7 Å². The van der Waals surface area contributed by atoms with E-state index in [-0.39, 0.29) is 0 Å². The first kappa shape index (κ1) is 13.8. The fraction of sp³-hybridized carbons (Fsp3) is 0.818. The molecular weight excluding hydrogens is 226 g/mol. The van der Waals surface area contributed by atoms with E-state index in [9.17, 15) is 9.59 Å². The Morgan fingerprint density at radius 1 is 1.41 bits per heavy atom. The van der Waals surface area contributed by atoms with E-state index in [1.54, 1.807) is 27.7 Å². The maximum atomic E-state index is 11.5. The molecule has 1 aliphatic rings. The molecule has 0 aliphatic carbocycles. The lowest BCUT2D eigenvalue weighted by Crippen LogP contribution is -2.60. The fourth-order valence-corrected chi connectivity index (χ4v) is 1.55. The number of nitrogens with one attached hydrogen (secondary N) is 1. The summed E-state index contributed by atoms with van der Waals surface area (Å²) in [5, 5.41) is 11.5. The highest BCUT2D eigenvalue weighted by atomic mass is 16.6. The number of hydrogen-bond donors (Lipinski definition) is 2. The number of rotatable bonds is 3. The molecule has 2 N–H and O–H groups in total. The summed E-state index contributed by atoms with van der Waals surface area (Å²) in [6, 6.07) is -0.994. The third-order valence-electron chi connectivity index (χ3n) is 2.47. The van der Waals surface area contributed by atoms with Crippen LogP contribution < -0.4 is 5.32 Å². The normalized spacial score (nSPS) is 20.0. The molecule has 0 saturated carbocycles. The molecule has 1 aliphatic heterocycles. The lowest BCUT2D eigenvalue weighted by atomic mass is 9.80. The van der Waals surface area contributed by atoms with Gasteiger partial charge in [-0.3, -0.25) is 0 Å². The molecule has 1 saturated heterocycles. The van der Waals surface area contributed by atoms with Crippen molar-refractivity contribution >= 4 is 12.1 Å². The molecule has 1 atom stereocenters. The summed E-state index contributed by atoms with van der Waals surface area (Å²) in [5.74, 6) is -1.08. The van der Waals surface area contributed by atoms with E-state index < -0.39 is 29.1 Å². The molecule has 0 aromatic rings. The van der Waals surface area contributed by atoms with Gasteiger partial charge in [0.05, 0.1) is 13.2 Å². The summed E-state index contributed by atoms with van der Waals surface area (Å²) in [5.41, 5.74) is -1.22. The largest absolute Gasteiger partial charge is 0.480 e. The summed E-state index contributed by atoms with van der Waals surface area (Å²) < 4.78 is 10.0. The number of carboxylic acids is 1. The number of ether oxygens (including phenoxy) is 2. The van der Waals surface area contributed by atoms with Crippen LogP contribution in [0.4, 0.5) is 4.79 Å². The molecule has 0 aromatic carbocycles. The first-order chi connectivity index (χ1) is 7.64. The molecule has 6 heteroatoms. The summed E-state index contributed by atoms with van der Waals surface area (Å²) in [7, 11) is 0. The van der Waals surface area contributed by atoms with E-state index in [1.165, 1.54) is 0 Å². The van der Waals surface area contributed by atoms with Gasteiger partial charge in [0.25, 0.3) is 0 Å². The molecular formula is C11H19NO5. The predicted molar refractivity (Wildman–Crippen MR) is 59.7 cm³/mol. The smallest absolute Gasteiger partial charge is 0.408 e. The zero-order valence-corrected chi connectivity index (χ0v) is 10.6. The zero-order chi connectivity index (χ0) is 13.3. The molecule has 1 rings (SSSR count). The monoisotopic (exact) mass is 245 g/mol. The highest BCUT2D eigenvalue weighted by Gasteiger charge is 2.46. The molecule has 0 radical (unpaired) electrons. The number of aliphatic carboxylic acids is 1. The number of carboxylic acid groups (broad SMARTS) is 1. The van der Waals surface area contributed by atoms with E-state index in [1.807, 2.05) is 0 Å². The standard InChI is InChI=1S/C11H19NO5/c1-10(2,3)17-9(15)12-7(8(13)14)11(4)5-16-6-11/h7H,5-6H2,1-4H3,(H,12,15)(H,13,14). The second kappa shape index (κ2) is 4.52. The van der Waals surface area contributed by atoms with Crippen LogP contribution in [0.2, 0.25) is 0 Å². The third kappa shape index (κ3) is 3.59.